The third kappa shape index (κ3) is 3.98. The van der Waals surface area contributed by atoms with Crippen molar-refractivity contribution in [3.05, 3.63) is 24.3 Å². The van der Waals surface area contributed by atoms with Crippen LogP contribution in [0.25, 0.3) is 0 Å². The maximum atomic E-state index is 11.9. The van der Waals surface area contributed by atoms with E-state index in [1.54, 1.807) is 24.3 Å². The van der Waals surface area contributed by atoms with Gasteiger partial charge in [-0.25, -0.2) is 4.79 Å². The van der Waals surface area contributed by atoms with Crippen molar-refractivity contribution in [2.75, 3.05) is 11.4 Å². The van der Waals surface area contributed by atoms with E-state index in [9.17, 15) is 9.90 Å². The molecule has 0 aliphatic carbocycles. The highest BCUT2D eigenvalue weighted by Gasteiger charge is 2.22. The molecule has 0 radical (unpaired) electrons. The largest absolute Gasteiger partial charge is 0.508 e. The molecule has 4 heteroatoms. The number of benzene rings is 1. The van der Waals surface area contributed by atoms with Gasteiger partial charge in [0.05, 0.1) is 0 Å². The Morgan fingerprint density at radius 3 is 2.24 bits per heavy atom. The van der Waals surface area contributed by atoms with Crippen molar-refractivity contribution < 1.29 is 14.6 Å². The van der Waals surface area contributed by atoms with Crippen LogP contribution < -0.4 is 4.90 Å². The van der Waals surface area contributed by atoms with Crippen LogP contribution in [0, 0.1) is 0 Å². The molecular weight excluding hydrogens is 218 g/mol. The molecule has 0 fully saturated rings. The number of ether oxygens (including phenoxy) is 1. The highest BCUT2D eigenvalue weighted by atomic mass is 16.6. The fraction of sp³-hybridized carbons (Fsp3) is 0.462. The molecule has 1 aromatic rings. The summed E-state index contributed by atoms with van der Waals surface area (Å²) in [5, 5.41) is 9.20. The van der Waals surface area contributed by atoms with Gasteiger partial charge in [0.2, 0.25) is 0 Å². The Balaban J connectivity index is 2.84. The third-order valence-corrected chi connectivity index (χ3v) is 2.09. The van der Waals surface area contributed by atoms with Crippen molar-refractivity contribution in [3.63, 3.8) is 0 Å². The number of anilines is 1. The standard InChI is InChI=1S/C13H19NO3/c1-5-14(12(16)17-13(2,3)4)10-6-8-11(15)9-7-10/h6-9,15H,5H2,1-4H3. The lowest BCUT2D eigenvalue weighted by atomic mass is 10.2. The predicted octanol–water partition coefficient (Wildman–Crippen LogP) is 3.15. The molecule has 17 heavy (non-hydrogen) atoms. The summed E-state index contributed by atoms with van der Waals surface area (Å²) in [5.41, 5.74) is 0.195. The van der Waals surface area contributed by atoms with Crippen LogP contribution in [0.2, 0.25) is 0 Å². The van der Waals surface area contributed by atoms with E-state index in [2.05, 4.69) is 0 Å². The van der Waals surface area contributed by atoms with Crippen molar-refractivity contribution in [3.8, 4) is 5.75 Å². The van der Waals surface area contributed by atoms with E-state index in [-0.39, 0.29) is 11.8 Å². The first kappa shape index (κ1) is 13.4. The second kappa shape index (κ2) is 5.08. The third-order valence-electron chi connectivity index (χ3n) is 2.09. The van der Waals surface area contributed by atoms with Crippen LogP contribution in [0.5, 0.6) is 5.75 Å². The first-order chi connectivity index (χ1) is 7.83. The molecule has 0 aliphatic rings. The van der Waals surface area contributed by atoms with E-state index in [0.717, 1.165) is 0 Å². The number of hydrogen-bond donors (Lipinski definition) is 1. The van der Waals surface area contributed by atoms with Gasteiger partial charge in [-0.2, -0.15) is 0 Å². The average Bonchev–Trinajstić information content (AvgIpc) is 2.19. The number of nitrogens with zero attached hydrogens (tertiary/aromatic N) is 1. The minimum atomic E-state index is -0.512. The zero-order valence-electron chi connectivity index (χ0n) is 10.7. The molecule has 1 rings (SSSR count). The van der Waals surface area contributed by atoms with E-state index in [1.165, 1.54) is 4.90 Å². The van der Waals surface area contributed by atoms with Gasteiger partial charge < -0.3 is 9.84 Å². The predicted molar refractivity (Wildman–Crippen MR) is 67.4 cm³/mol. The van der Waals surface area contributed by atoms with Gasteiger partial charge in [0.15, 0.2) is 0 Å². The lowest BCUT2D eigenvalue weighted by Gasteiger charge is -2.26. The Labute approximate surface area is 102 Å². The van der Waals surface area contributed by atoms with Gasteiger partial charge in [-0.3, -0.25) is 4.90 Å². The van der Waals surface area contributed by atoms with Crippen LogP contribution in [0.1, 0.15) is 27.7 Å². The number of phenolic OH excluding ortho intramolecular Hbond substituents is 1. The molecule has 94 valence electrons. The summed E-state index contributed by atoms with van der Waals surface area (Å²) in [7, 11) is 0. The molecule has 0 heterocycles. The molecule has 0 atom stereocenters. The molecule has 0 unspecified atom stereocenters. The van der Waals surface area contributed by atoms with Gasteiger partial charge in [-0.1, -0.05) is 0 Å². The van der Waals surface area contributed by atoms with Crippen molar-refractivity contribution >= 4 is 11.8 Å². The summed E-state index contributed by atoms with van der Waals surface area (Å²) in [6.45, 7) is 7.87. The van der Waals surface area contributed by atoms with Gasteiger partial charge in [-0.15, -0.1) is 0 Å². The zero-order valence-corrected chi connectivity index (χ0v) is 10.7. The normalized spacial score (nSPS) is 11.1. The molecule has 4 nitrogen and oxygen atoms in total. The van der Waals surface area contributed by atoms with E-state index in [0.29, 0.717) is 12.2 Å². The van der Waals surface area contributed by atoms with Crippen LogP contribution in [0.3, 0.4) is 0 Å². The summed E-state index contributed by atoms with van der Waals surface area (Å²) in [4.78, 5) is 13.4. The van der Waals surface area contributed by atoms with Crippen molar-refractivity contribution in [2.24, 2.45) is 0 Å². The van der Waals surface area contributed by atoms with E-state index < -0.39 is 5.60 Å². The Kier molecular flexibility index (Phi) is 3.99. The fourth-order valence-corrected chi connectivity index (χ4v) is 1.37. The Morgan fingerprint density at radius 1 is 1.29 bits per heavy atom. The number of carbonyl (C=O) groups excluding carboxylic acids is 1. The lowest BCUT2D eigenvalue weighted by molar-refractivity contribution is 0.0582. The first-order valence-electron chi connectivity index (χ1n) is 5.63. The first-order valence-corrected chi connectivity index (χ1v) is 5.63. The number of carbonyl (C=O) groups is 1. The van der Waals surface area contributed by atoms with E-state index in [1.807, 2.05) is 27.7 Å². The molecule has 0 saturated heterocycles. The van der Waals surface area contributed by atoms with Gasteiger partial charge in [0.1, 0.15) is 11.4 Å². The maximum Gasteiger partial charge on any atom is 0.414 e. The Morgan fingerprint density at radius 2 is 1.82 bits per heavy atom. The number of aromatic hydroxyl groups is 1. The molecule has 0 bridgehead atoms. The molecule has 0 spiro atoms. The van der Waals surface area contributed by atoms with E-state index >= 15 is 0 Å². The zero-order chi connectivity index (χ0) is 13.1. The Hall–Kier alpha value is -1.71. The topological polar surface area (TPSA) is 49.8 Å². The second-order valence-electron chi connectivity index (χ2n) is 4.74. The summed E-state index contributed by atoms with van der Waals surface area (Å²) >= 11 is 0. The number of rotatable bonds is 2. The number of hydrogen-bond acceptors (Lipinski definition) is 3. The SMILES string of the molecule is CCN(C(=O)OC(C)(C)C)c1ccc(O)cc1. The quantitative estimate of drug-likeness (QED) is 0.859. The molecular formula is C13H19NO3. The van der Waals surface area contributed by atoms with Gasteiger partial charge in [0, 0.05) is 12.2 Å². The second-order valence-corrected chi connectivity index (χ2v) is 4.74. The fourth-order valence-electron chi connectivity index (χ4n) is 1.37. The molecule has 1 amide bonds. The summed E-state index contributed by atoms with van der Waals surface area (Å²) < 4.78 is 5.30. The van der Waals surface area contributed by atoms with E-state index in [4.69, 9.17) is 4.74 Å². The van der Waals surface area contributed by atoms with Crippen LogP contribution in [0.15, 0.2) is 24.3 Å². The monoisotopic (exact) mass is 237 g/mol. The van der Waals surface area contributed by atoms with Crippen molar-refractivity contribution in [2.45, 2.75) is 33.3 Å². The summed E-state index contributed by atoms with van der Waals surface area (Å²) in [6, 6.07) is 6.45. The summed E-state index contributed by atoms with van der Waals surface area (Å²) in [6.07, 6.45) is -0.384. The molecule has 1 aromatic carbocycles. The van der Waals surface area contributed by atoms with Crippen molar-refractivity contribution in [1.29, 1.82) is 0 Å². The average molecular weight is 237 g/mol. The van der Waals surface area contributed by atoms with Crippen LogP contribution in [-0.4, -0.2) is 23.3 Å². The van der Waals surface area contributed by atoms with Crippen LogP contribution in [-0.2, 0) is 4.74 Å². The van der Waals surface area contributed by atoms with Gasteiger partial charge in [0.25, 0.3) is 0 Å². The van der Waals surface area contributed by atoms with Crippen molar-refractivity contribution in [1.82, 2.24) is 0 Å². The molecule has 0 aliphatic heterocycles. The minimum absolute atomic E-state index is 0.175. The highest BCUT2D eigenvalue weighted by molar-refractivity contribution is 5.87. The maximum absolute atomic E-state index is 11.9. The molecule has 0 saturated carbocycles. The molecule has 1 N–H and O–H groups in total. The van der Waals surface area contributed by atoms with Crippen LogP contribution >= 0.6 is 0 Å². The summed E-state index contributed by atoms with van der Waals surface area (Å²) in [5.74, 6) is 0.175. The van der Waals surface area contributed by atoms with Crippen LogP contribution in [0.4, 0.5) is 10.5 Å². The number of phenols is 1. The minimum Gasteiger partial charge on any atom is -0.508 e. The molecule has 0 aromatic heterocycles. The smallest absolute Gasteiger partial charge is 0.414 e. The lowest BCUT2D eigenvalue weighted by Crippen LogP contribution is -2.36. The number of amides is 1. The highest BCUT2D eigenvalue weighted by Crippen LogP contribution is 2.20. The van der Waals surface area contributed by atoms with Gasteiger partial charge >= 0.3 is 6.09 Å². The Bertz CT molecular complexity index is 379. The van der Waals surface area contributed by atoms with Gasteiger partial charge in [-0.05, 0) is 52.0 Å².